The highest BCUT2D eigenvalue weighted by Crippen LogP contribution is 2.26. The van der Waals surface area contributed by atoms with Gasteiger partial charge in [-0.2, -0.15) is 0 Å². The molecule has 0 nitrogen and oxygen atoms in total. The second kappa shape index (κ2) is 2.98. The van der Waals surface area contributed by atoms with E-state index < -0.39 is 8.07 Å². The molecule has 1 aliphatic rings. The van der Waals surface area contributed by atoms with Gasteiger partial charge in [-0.25, -0.2) is 0 Å². The van der Waals surface area contributed by atoms with Gasteiger partial charge >= 0.3 is 0 Å². The van der Waals surface area contributed by atoms with Crippen molar-refractivity contribution in [1.29, 1.82) is 0 Å². The second-order valence-electron chi connectivity index (χ2n) is 4.11. The van der Waals surface area contributed by atoms with Crippen LogP contribution in [0.5, 0.6) is 0 Å². The lowest BCUT2D eigenvalue weighted by atomic mass is 10.2. The Hall–Kier alpha value is -0.303. The zero-order valence-electron chi connectivity index (χ0n) is 7.94. The molecule has 1 radical (unpaired) electrons. The van der Waals surface area contributed by atoms with Crippen LogP contribution in [0.15, 0.2) is 22.9 Å². The van der Waals surface area contributed by atoms with E-state index in [0.29, 0.717) is 0 Å². The molecule has 0 saturated heterocycles. The summed E-state index contributed by atoms with van der Waals surface area (Å²) in [7, 11) is -1.03. The quantitative estimate of drug-likeness (QED) is 0.550. The monoisotopic (exact) mass is 165 g/mol. The van der Waals surface area contributed by atoms with E-state index in [1.165, 1.54) is 12.0 Å². The van der Waals surface area contributed by atoms with Crippen LogP contribution in [0.2, 0.25) is 19.6 Å². The van der Waals surface area contributed by atoms with E-state index in [9.17, 15) is 0 Å². The Morgan fingerprint density at radius 3 is 2.18 bits per heavy atom. The van der Waals surface area contributed by atoms with Gasteiger partial charge in [-0.15, -0.1) is 0 Å². The van der Waals surface area contributed by atoms with Crippen LogP contribution in [0.1, 0.15) is 13.3 Å². The van der Waals surface area contributed by atoms with Crippen molar-refractivity contribution in [2.75, 3.05) is 0 Å². The summed E-state index contributed by atoms with van der Waals surface area (Å²) in [5, 5.41) is 1.59. The fourth-order valence-corrected chi connectivity index (χ4v) is 2.38. The van der Waals surface area contributed by atoms with Crippen LogP contribution in [-0.2, 0) is 0 Å². The molecule has 0 aromatic carbocycles. The fourth-order valence-electron chi connectivity index (χ4n) is 1.18. The van der Waals surface area contributed by atoms with E-state index in [1.807, 2.05) is 0 Å². The molecule has 1 aliphatic carbocycles. The Bertz CT molecular complexity index is 203. The van der Waals surface area contributed by atoms with E-state index in [1.54, 1.807) is 5.20 Å². The first-order chi connectivity index (χ1) is 5.04. The van der Waals surface area contributed by atoms with Gasteiger partial charge in [-0.05, 0) is 6.42 Å². The molecular weight excluding hydrogens is 148 g/mol. The molecule has 0 N–H and O–H groups in total. The van der Waals surface area contributed by atoms with Crippen molar-refractivity contribution in [3.63, 3.8) is 0 Å². The van der Waals surface area contributed by atoms with E-state index >= 15 is 0 Å². The summed E-state index contributed by atoms with van der Waals surface area (Å²) in [6.45, 7) is 9.38. The van der Waals surface area contributed by atoms with Crippen LogP contribution in [0, 0.1) is 6.42 Å². The standard InChI is InChI=1S/C10H17Si/c1-5-9-6-7-10(8-9)11(2,3)4/h6-8H,5H2,1-4H3. The number of rotatable bonds is 2. The van der Waals surface area contributed by atoms with Gasteiger partial charge in [0.2, 0.25) is 0 Å². The summed E-state index contributed by atoms with van der Waals surface area (Å²) in [6, 6.07) is 0. The van der Waals surface area contributed by atoms with E-state index in [2.05, 4.69) is 45.1 Å². The summed E-state index contributed by atoms with van der Waals surface area (Å²) < 4.78 is 0. The minimum absolute atomic E-state index is 1.03. The van der Waals surface area contributed by atoms with Crippen LogP contribution < -0.4 is 0 Å². The van der Waals surface area contributed by atoms with Crippen LogP contribution in [-0.4, -0.2) is 8.07 Å². The first kappa shape index (κ1) is 8.79. The third-order valence-corrected chi connectivity index (χ3v) is 4.14. The average Bonchev–Trinajstić information content (AvgIpc) is 2.32. The first-order valence-corrected chi connectivity index (χ1v) is 7.80. The molecule has 0 aromatic rings. The maximum absolute atomic E-state index is 2.39. The number of hydrogen-bond donors (Lipinski definition) is 0. The molecule has 0 atom stereocenters. The molecule has 11 heavy (non-hydrogen) atoms. The normalized spacial score (nSPS) is 18.2. The van der Waals surface area contributed by atoms with Gasteiger partial charge in [0.05, 0.1) is 8.07 Å². The van der Waals surface area contributed by atoms with Crippen molar-refractivity contribution < 1.29 is 0 Å². The Morgan fingerprint density at radius 2 is 1.91 bits per heavy atom. The SMILES string of the molecule is CCC1=CC([Si](C)(C)C)=C[CH]1. The Morgan fingerprint density at radius 1 is 1.27 bits per heavy atom. The zero-order valence-corrected chi connectivity index (χ0v) is 8.94. The molecule has 0 bridgehead atoms. The lowest BCUT2D eigenvalue weighted by Gasteiger charge is -2.15. The Kier molecular flexibility index (Phi) is 2.38. The number of allylic oxidation sites excluding steroid dienone is 4. The van der Waals surface area contributed by atoms with Crippen molar-refractivity contribution >= 4 is 8.07 Å². The highest BCUT2D eigenvalue weighted by atomic mass is 28.3. The van der Waals surface area contributed by atoms with Crippen LogP contribution in [0.25, 0.3) is 0 Å². The third-order valence-electron chi connectivity index (χ3n) is 2.09. The van der Waals surface area contributed by atoms with E-state index in [-0.39, 0.29) is 0 Å². The van der Waals surface area contributed by atoms with Gasteiger partial charge in [0, 0.05) is 6.42 Å². The topological polar surface area (TPSA) is 0 Å². The average molecular weight is 165 g/mol. The zero-order chi connectivity index (χ0) is 8.48. The molecule has 0 aromatic heterocycles. The van der Waals surface area contributed by atoms with Crippen LogP contribution >= 0.6 is 0 Å². The van der Waals surface area contributed by atoms with Crippen LogP contribution in [0.3, 0.4) is 0 Å². The van der Waals surface area contributed by atoms with Gasteiger partial charge in [0.25, 0.3) is 0 Å². The predicted molar refractivity (Wildman–Crippen MR) is 54.1 cm³/mol. The fraction of sp³-hybridized carbons (Fsp3) is 0.500. The van der Waals surface area contributed by atoms with Crippen molar-refractivity contribution in [3.8, 4) is 0 Å². The molecule has 0 amide bonds. The maximum atomic E-state index is 2.39. The van der Waals surface area contributed by atoms with Gasteiger partial charge in [-0.1, -0.05) is 49.5 Å². The largest absolute Gasteiger partial charge is 0.0772 e. The highest BCUT2D eigenvalue weighted by Gasteiger charge is 2.20. The summed E-state index contributed by atoms with van der Waals surface area (Å²) in [5.74, 6) is 0. The predicted octanol–water partition coefficient (Wildman–Crippen LogP) is 3.34. The van der Waals surface area contributed by atoms with Gasteiger partial charge < -0.3 is 0 Å². The molecule has 61 valence electrons. The summed E-state index contributed by atoms with van der Waals surface area (Å²) in [4.78, 5) is 0. The van der Waals surface area contributed by atoms with E-state index in [0.717, 1.165) is 0 Å². The molecule has 0 saturated carbocycles. The second-order valence-corrected chi connectivity index (χ2v) is 9.19. The van der Waals surface area contributed by atoms with Gasteiger partial charge in [0.15, 0.2) is 0 Å². The highest BCUT2D eigenvalue weighted by molar-refractivity contribution is 6.83. The summed E-state index contributed by atoms with van der Waals surface area (Å²) in [6.07, 6.45) is 8.09. The van der Waals surface area contributed by atoms with Crippen molar-refractivity contribution in [3.05, 3.63) is 29.3 Å². The number of hydrogen-bond acceptors (Lipinski definition) is 0. The molecule has 1 heteroatoms. The molecular formula is C10H17Si. The minimum Gasteiger partial charge on any atom is -0.0772 e. The van der Waals surface area contributed by atoms with Crippen LogP contribution in [0.4, 0.5) is 0 Å². The van der Waals surface area contributed by atoms with Crippen molar-refractivity contribution in [2.24, 2.45) is 0 Å². The molecule has 1 rings (SSSR count). The Labute approximate surface area is 71.0 Å². The molecule has 0 aliphatic heterocycles. The molecule has 0 fully saturated rings. The summed E-state index contributed by atoms with van der Waals surface area (Å²) >= 11 is 0. The minimum atomic E-state index is -1.03. The smallest absolute Gasteiger partial charge is 0.0772 e. The first-order valence-electron chi connectivity index (χ1n) is 4.30. The molecule has 0 unspecified atom stereocenters. The lowest BCUT2D eigenvalue weighted by Crippen LogP contribution is -2.21. The maximum Gasteiger partial charge on any atom is 0.0772 e. The lowest BCUT2D eigenvalue weighted by molar-refractivity contribution is 1.13. The summed E-state index contributed by atoms with van der Waals surface area (Å²) in [5.41, 5.74) is 1.49. The van der Waals surface area contributed by atoms with Gasteiger partial charge in [0.1, 0.15) is 0 Å². The molecule has 0 spiro atoms. The Balaban J connectivity index is 2.72. The third kappa shape index (κ3) is 2.06. The van der Waals surface area contributed by atoms with Crippen molar-refractivity contribution in [1.82, 2.24) is 0 Å². The van der Waals surface area contributed by atoms with Gasteiger partial charge in [-0.3, -0.25) is 0 Å². The molecule has 0 heterocycles. The van der Waals surface area contributed by atoms with E-state index in [4.69, 9.17) is 0 Å². The van der Waals surface area contributed by atoms with Crippen molar-refractivity contribution in [2.45, 2.75) is 33.0 Å².